The molecule has 88 valence electrons. The summed E-state index contributed by atoms with van der Waals surface area (Å²) >= 11 is 0. The third-order valence-electron chi connectivity index (χ3n) is 2.34. The molecule has 1 aliphatic heterocycles. The summed E-state index contributed by atoms with van der Waals surface area (Å²) in [5.74, 6) is -0.602. The lowest BCUT2D eigenvalue weighted by atomic mass is 10.2. The number of hydrogen-bond donors (Lipinski definition) is 3. The normalized spacial score (nSPS) is 26.3. The summed E-state index contributed by atoms with van der Waals surface area (Å²) in [5.41, 5.74) is 5.53. The second-order valence-electron chi connectivity index (χ2n) is 3.87. The van der Waals surface area contributed by atoms with E-state index in [2.05, 4.69) is 5.32 Å². The van der Waals surface area contributed by atoms with Crippen LogP contribution in [0, 0.1) is 0 Å². The average Bonchev–Trinajstić information content (AvgIpc) is 2.41. The van der Waals surface area contributed by atoms with Gasteiger partial charge in [-0.3, -0.25) is 4.79 Å². The molecular formula is C8H16N2O4S. The van der Waals surface area contributed by atoms with Crippen molar-refractivity contribution in [2.24, 2.45) is 5.73 Å². The highest BCUT2D eigenvalue weighted by Crippen LogP contribution is 2.10. The van der Waals surface area contributed by atoms with Gasteiger partial charge >= 0.3 is 5.97 Å². The molecule has 0 aromatic carbocycles. The smallest absolute Gasteiger partial charge is 0.304 e. The van der Waals surface area contributed by atoms with Crippen LogP contribution in [0.2, 0.25) is 0 Å². The molecule has 0 spiro atoms. The molecule has 1 rings (SSSR count). The Hall–Kier alpha value is -0.660. The second kappa shape index (κ2) is 4.91. The lowest BCUT2D eigenvalue weighted by Gasteiger charge is -2.14. The Balaban J connectivity index is 2.24. The topological polar surface area (TPSA) is 109 Å². The maximum atomic E-state index is 11.1. The van der Waals surface area contributed by atoms with E-state index in [1.54, 1.807) is 0 Å². The molecule has 15 heavy (non-hydrogen) atoms. The average molecular weight is 236 g/mol. The van der Waals surface area contributed by atoms with Crippen LogP contribution in [0.15, 0.2) is 0 Å². The Labute approximate surface area is 88.8 Å². The molecule has 4 N–H and O–H groups in total. The molecule has 1 saturated heterocycles. The van der Waals surface area contributed by atoms with Crippen LogP contribution in [0.4, 0.5) is 0 Å². The highest BCUT2D eigenvalue weighted by atomic mass is 32.2. The zero-order valence-electron chi connectivity index (χ0n) is 8.35. The van der Waals surface area contributed by atoms with Gasteiger partial charge < -0.3 is 16.2 Å². The second-order valence-corrected chi connectivity index (χ2v) is 6.09. The first kappa shape index (κ1) is 12.4. The fourth-order valence-electron chi connectivity index (χ4n) is 1.57. The van der Waals surface area contributed by atoms with Gasteiger partial charge in [0.25, 0.3) is 0 Å². The molecule has 1 heterocycles. The number of hydrogen-bond acceptors (Lipinski definition) is 5. The Morgan fingerprint density at radius 2 is 2.27 bits per heavy atom. The summed E-state index contributed by atoms with van der Waals surface area (Å²) in [7, 11) is -2.89. The number of sulfone groups is 1. The molecule has 0 amide bonds. The predicted molar refractivity (Wildman–Crippen MR) is 55.3 cm³/mol. The summed E-state index contributed by atoms with van der Waals surface area (Å²) in [6.07, 6.45) is 0.481. The summed E-state index contributed by atoms with van der Waals surface area (Å²) < 4.78 is 22.2. The zero-order valence-corrected chi connectivity index (χ0v) is 9.16. The predicted octanol–water partition coefficient (Wildman–Crippen LogP) is -1.43. The molecule has 0 bridgehead atoms. The van der Waals surface area contributed by atoms with Gasteiger partial charge in [-0.1, -0.05) is 0 Å². The number of carboxylic acid groups (broad SMARTS) is 1. The molecule has 6 nitrogen and oxygen atoms in total. The molecule has 0 aromatic heterocycles. The van der Waals surface area contributed by atoms with E-state index < -0.39 is 21.8 Å². The third-order valence-corrected chi connectivity index (χ3v) is 4.11. The minimum atomic E-state index is -2.89. The quantitative estimate of drug-likeness (QED) is 0.539. The van der Waals surface area contributed by atoms with E-state index in [4.69, 9.17) is 10.8 Å². The summed E-state index contributed by atoms with van der Waals surface area (Å²) in [6.45, 7) is 0.340. The maximum absolute atomic E-state index is 11.1. The Morgan fingerprint density at radius 3 is 2.73 bits per heavy atom. The molecule has 0 saturated carbocycles. The van der Waals surface area contributed by atoms with Gasteiger partial charge in [-0.15, -0.1) is 0 Å². The molecule has 0 aliphatic carbocycles. The number of nitrogens with one attached hydrogen (secondary N) is 1. The van der Waals surface area contributed by atoms with Gasteiger partial charge in [0.1, 0.15) is 0 Å². The van der Waals surface area contributed by atoms with Crippen LogP contribution in [0.1, 0.15) is 12.8 Å². The number of rotatable bonds is 5. The fraction of sp³-hybridized carbons (Fsp3) is 0.875. The van der Waals surface area contributed by atoms with E-state index in [0.717, 1.165) is 0 Å². The van der Waals surface area contributed by atoms with Crippen molar-refractivity contribution in [3.05, 3.63) is 0 Å². The Kier molecular flexibility index (Phi) is 4.06. The largest absolute Gasteiger partial charge is 0.481 e. The van der Waals surface area contributed by atoms with Crippen LogP contribution in [0.25, 0.3) is 0 Å². The van der Waals surface area contributed by atoms with Crippen LogP contribution in [0.5, 0.6) is 0 Å². The van der Waals surface area contributed by atoms with Crippen molar-refractivity contribution < 1.29 is 18.3 Å². The van der Waals surface area contributed by atoms with Gasteiger partial charge in [-0.2, -0.15) is 0 Å². The standard InChI is InChI=1S/C8H16N2O4S/c9-6(3-8(11)12)4-10-7-1-2-15(13,14)5-7/h6-7,10H,1-5,9H2,(H,11,12). The molecular weight excluding hydrogens is 220 g/mol. The summed E-state index contributed by atoms with van der Waals surface area (Å²) in [4.78, 5) is 10.3. The number of aliphatic carboxylic acids is 1. The highest BCUT2D eigenvalue weighted by molar-refractivity contribution is 7.91. The lowest BCUT2D eigenvalue weighted by molar-refractivity contribution is -0.137. The van der Waals surface area contributed by atoms with Crippen LogP contribution in [-0.2, 0) is 14.6 Å². The molecule has 2 unspecified atom stereocenters. The zero-order chi connectivity index (χ0) is 11.5. The van der Waals surface area contributed by atoms with Gasteiger partial charge in [0, 0.05) is 18.6 Å². The van der Waals surface area contributed by atoms with Crippen LogP contribution >= 0.6 is 0 Å². The molecule has 7 heteroatoms. The first-order valence-corrected chi connectivity index (χ1v) is 6.62. The molecule has 1 aliphatic rings. The first-order chi connectivity index (χ1) is 6.89. The van der Waals surface area contributed by atoms with Crippen molar-refractivity contribution in [2.75, 3.05) is 18.1 Å². The maximum Gasteiger partial charge on any atom is 0.304 e. The van der Waals surface area contributed by atoms with Gasteiger partial charge in [0.15, 0.2) is 9.84 Å². The molecule has 0 radical (unpaired) electrons. The number of carbonyl (C=O) groups is 1. The van der Waals surface area contributed by atoms with E-state index in [9.17, 15) is 13.2 Å². The summed E-state index contributed by atoms with van der Waals surface area (Å²) in [5, 5.41) is 11.4. The lowest BCUT2D eigenvalue weighted by Crippen LogP contribution is -2.41. The monoisotopic (exact) mass is 236 g/mol. The van der Waals surface area contributed by atoms with Gasteiger partial charge in [-0.05, 0) is 6.42 Å². The van der Waals surface area contributed by atoms with Crippen molar-refractivity contribution >= 4 is 15.8 Å². The van der Waals surface area contributed by atoms with E-state index in [-0.39, 0.29) is 24.0 Å². The van der Waals surface area contributed by atoms with Crippen molar-refractivity contribution in [2.45, 2.75) is 24.9 Å². The van der Waals surface area contributed by atoms with Crippen molar-refractivity contribution in [1.29, 1.82) is 0 Å². The molecule has 2 atom stereocenters. The van der Waals surface area contributed by atoms with E-state index in [1.165, 1.54) is 0 Å². The minimum absolute atomic E-state index is 0.0742. The number of carboxylic acids is 1. The SMILES string of the molecule is NC(CNC1CCS(=O)(=O)C1)CC(=O)O. The molecule has 0 aromatic rings. The van der Waals surface area contributed by atoms with E-state index in [0.29, 0.717) is 13.0 Å². The van der Waals surface area contributed by atoms with E-state index in [1.807, 2.05) is 0 Å². The summed E-state index contributed by atoms with van der Waals surface area (Å²) in [6, 6.07) is -0.541. The third kappa shape index (κ3) is 4.59. The van der Waals surface area contributed by atoms with Crippen LogP contribution in [-0.4, -0.2) is 49.6 Å². The minimum Gasteiger partial charge on any atom is -0.481 e. The first-order valence-electron chi connectivity index (χ1n) is 4.80. The van der Waals surface area contributed by atoms with Gasteiger partial charge in [0.2, 0.25) is 0 Å². The van der Waals surface area contributed by atoms with Gasteiger partial charge in [-0.25, -0.2) is 8.42 Å². The van der Waals surface area contributed by atoms with Crippen molar-refractivity contribution in [3.63, 3.8) is 0 Å². The highest BCUT2D eigenvalue weighted by Gasteiger charge is 2.27. The van der Waals surface area contributed by atoms with E-state index >= 15 is 0 Å². The fourth-order valence-corrected chi connectivity index (χ4v) is 3.28. The van der Waals surface area contributed by atoms with Crippen molar-refractivity contribution in [3.8, 4) is 0 Å². The van der Waals surface area contributed by atoms with Crippen LogP contribution in [0.3, 0.4) is 0 Å². The van der Waals surface area contributed by atoms with Gasteiger partial charge in [0.05, 0.1) is 17.9 Å². The molecule has 1 fully saturated rings. The number of nitrogens with two attached hydrogens (primary N) is 1. The Morgan fingerprint density at radius 1 is 1.60 bits per heavy atom. The van der Waals surface area contributed by atoms with Crippen molar-refractivity contribution in [1.82, 2.24) is 5.32 Å². The Bertz CT molecular complexity index is 328. The van der Waals surface area contributed by atoms with Crippen LogP contribution < -0.4 is 11.1 Å².